The standard InChI is InChI=1S/C23H26N2O3/c1-15-13-19(23(28)24-2)9-10-20(15)25-22(27)12-11-21(26)18-8-7-16-5-3-4-6-17(16)14-18/h7-10,13-14H,3-6,11-12H2,1-2H3,(H,24,28)(H,25,27). The summed E-state index contributed by atoms with van der Waals surface area (Å²) in [5.74, 6) is -0.381. The van der Waals surface area contributed by atoms with E-state index in [1.165, 1.54) is 24.0 Å². The van der Waals surface area contributed by atoms with Crippen LogP contribution in [-0.2, 0) is 17.6 Å². The van der Waals surface area contributed by atoms with Crippen molar-refractivity contribution in [3.8, 4) is 0 Å². The molecule has 1 aliphatic carbocycles. The monoisotopic (exact) mass is 378 g/mol. The summed E-state index contributed by atoms with van der Waals surface area (Å²) >= 11 is 0. The maximum absolute atomic E-state index is 12.5. The zero-order valence-corrected chi connectivity index (χ0v) is 16.4. The minimum atomic E-state index is -0.206. The SMILES string of the molecule is CNC(=O)c1ccc(NC(=O)CCC(=O)c2ccc3c(c2)CCCC3)c(C)c1. The van der Waals surface area contributed by atoms with Gasteiger partial charge in [0.05, 0.1) is 0 Å². The van der Waals surface area contributed by atoms with Crippen LogP contribution in [-0.4, -0.2) is 24.6 Å². The number of amides is 2. The van der Waals surface area contributed by atoms with Crippen LogP contribution in [0, 0.1) is 6.92 Å². The van der Waals surface area contributed by atoms with Gasteiger partial charge < -0.3 is 10.6 Å². The lowest BCUT2D eigenvalue weighted by molar-refractivity contribution is -0.116. The molecule has 0 saturated carbocycles. The highest BCUT2D eigenvalue weighted by atomic mass is 16.2. The number of rotatable bonds is 6. The Morgan fingerprint density at radius 1 is 0.893 bits per heavy atom. The van der Waals surface area contributed by atoms with E-state index in [0.29, 0.717) is 16.8 Å². The topological polar surface area (TPSA) is 75.3 Å². The molecule has 5 nitrogen and oxygen atoms in total. The predicted octanol–water partition coefficient (Wildman–Crippen LogP) is 3.84. The van der Waals surface area contributed by atoms with Gasteiger partial charge in [0.25, 0.3) is 5.91 Å². The maximum atomic E-state index is 12.5. The van der Waals surface area contributed by atoms with E-state index in [0.717, 1.165) is 18.4 Å². The van der Waals surface area contributed by atoms with Crippen LogP contribution >= 0.6 is 0 Å². The number of hydrogen-bond donors (Lipinski definition) is 2. The third kappa shape index (κ3) is 4.66. The minimum absolute atomic E-state index is 0.00443. The summed E-state index contributed by atoms with van der Waals surface area (Å²) in [6.45, 7) is 1.83. The van der Waals surface area contributed by atoms with Crippen molar-refractivity contribution in [2.75, 3.05) is 12.4 Å². The molecule has 2 amide bonds. The van der Waals surface area contributed by atoms with Gasteiger partial charge in [0.2, 0.25) is 5.91 Å². The number of aryl methyl sites for hydroxylation is 3. The summed E-state index contributed by atoms with van der Waals surface area (Å²) in [6, 6.07) is 11.0. The van der Waals surface area contributed by atoms with Crippen molar-refractivity contribution in [3.05, 3.63) is 64.2 Å². The van der Waals surface area contributed by atoms with Crippen LogP contribution in [0.15, 0.2) is 36.4 Å². The van der Waals surface area contributed by atoms with Crippen molar-refractivity contribution in [1.82, 2.24) is 5.32 Å². The Balaban J connectivity index is 1.57. The molecule has 0 bridgehead atoms. The molecule has 0 saturated heterocycles. The second kappa shape index (κ2) is 8.83. The summed E-state index contributed by atoms with van der Waals surface area (Å²) in [5, 5.41) is 5.40. The molecule has 5 heteroatoms. The fourth-order valence-electron chi connectivity index (χ4n) is 3.58. The average Bonchev–Trinajstić information content (AvgIpc) is 2.72. The number of fused-ring (bicyclic) bond motifs is 1. The molecule has 0 fully saturated rings. The fourth-order valence-corrected chi connectivity index (χ4v) is 3.58. The molecule has 3 rings (SSSR count). The Morgan fingerprint density at radius 3 is 2.32 bits per heavy atom. The summed E-state index contributed by atoms with van der Waals surface area (Å²) in [6.07, 6.45) is 4.81. The third-order valence-electron chi connectivity index (χ3n) is 5.24. The molecule has 0 unspecified atom stereocenters. The van der Waals surface area contributed by atoms with Gasteiger partial charge >= 0.3 is 0 Å². The van der Waals surface area contributed by atoms with Gasteiger partial charge in [-0.25, -0.2) is 0 Å². The first-order chi connectivity index (χ1) is 13.5. The zero-order chi connectivity index (χ0) is 20.1. The molecule has 0 radical (unpaired) electrons. The van der Waals surface area contributed by atoms with E-state index < -0.39 is 0 Å². The van der Waals surface area contributed by atoms with Gasteiger partial charge in [0.15, 0.2) is 5.78 Å². The van der Waals surface area contributed by atoms with Crippen LogP contribution in [0.1, 0.15) is 63.1 Å². The number of Topliss-reactive ketones (excluding diaryl/α,β-unsaturated/α-hetero) is 1. The number of anilines is 1. The van der Waals surface area contributed by atoms with Crippen molar-refractivity contribution >= 4 is 23.3 Å². The summed E-state index contributed by atoms with van der Waals surface area (Å²) in [4.78, 5) is 36.4. The van der Waals surface area contributed by atoms with Gasteiger partial charge in [-0.1, -0.05) is 12.1 Å². The second-order valence-electron chi connectivity index (χ2n) is 7.27. The first-order valence-corrected chi connectivity index (χ1v) is 9.75. The number of nitrogens with one attached hydrogen (secondary N) is 2. The number of benzene rings is 2. The highest BCUT2D eigenvalue weighted by Crippen LogP contribution is 2.23. The summed E-state index contributed by atoms with van der Waals surface area (Å²) in [5.41, 5.74) is 5.30. The van der Waals surface area contributed by atoms with Crippen LogP contribution in [0.5, 0.6) is 0 Å². The van der Waals surface area contributed by atoms with Crippen LogP contribution in [0.25, 0.3) is 0 Å². The van der Waals surface area contributed by atoms with Crippen LogP contribution in [0.2, 0.25) is 0 Å². The highest BCUT2D eigenvalue weighted by Gasteiger charge is 2.15. The van der Waals surface area contributed by atoms with Crippen LogP contribution < -0.4 is 10.6 Å². The lowest BCUT2D eigenvalue weighted by Crippen LogP contribution is -2.18. The van der Waals surface area contributed by atoms with Crippen molar-refractivity contribution in [3.63, 3.8) is 0 Å². The largest absolute Gasteiger partial charge is 0.355 e. The molecule has 0 atom stereocenters. The zero-order valence-electron chi connectivity index (χ0n) is 16.4. The normalized spacial score (nSPS) is 12.8. The lowest BCUT2D eigenvalue weighted by Gasteiger charge is -2.16. The molecule has 146 valence electrons. The molecule has 2 aromatic rings. The van der Waals surface area contributed by atoms with E-state index in [-0.39, 0.29) is 30.4 Å². The summed E-state index contributed by atoms with van der Waals surface area (Å²) in [7, 11) is 1.58. The number of ketones is 1. The number of carbonyl (C=O) groups excluding carboxylic acids is 3. The van der Waals surface area contributed by atoms with Crippen molar-refractivity contribution in [2.45, 2.75) is 45.4 Å². The second-order valence-corrected chi connectivity index (χ2v) is 7.27. The maximum Gasteiger partial charge on any atom is 0.251 e. The molecule has 28 heavy (non-hydrogen) atoms. The lowest BCUT2D eigenvalue weighted by atomic mass is 9.89. The first-order valence-electron chi connectivity index (χ1n) is 9.75. The quantitative estimate of drug-likeness (QED) is 0.750. The molecule has 2 aromatic carbocycles. The molecular weight excluding hydrogens is 352 g/mol. The van der Waals surface area contributed by atoms with E-state index in [9.17, 15) is 14.4 Å². The van der Waals surface area contributed by atoms with Gasteiger partial charge in [-0.15, -0.1) is 0 Å². The van der Waals surface area contributed by atoms with Gasteiger partial charge in [-0.3, -0.25) is 14.4 Å². The van der Waals surface area contributed by atoms with E-state index in [1.54, 1.807) is 25.2 Å². The smallest absolute Gasteiger partial charge is 0.251 e. The molecule has 0 aliphatic heterocycles. The molecule has 1 aliphatic rings. The van der Waals surface area contributed by atoms with Crippen molar-refractivity contribution in [2.24, 2.45) is 0 Å². The van der Waals surface area contributed by atoms with Crippen LogP contribution in [0.3, 0.4) is 0 Å². The van der Waals surface area contributed by atoms with Gasteiger partial charge in [0.1, 0.15) is 0 Å². The number of hydrogen-bond acceptors (Lipinski definition) is 3. The third-order valence-corrected chi connectivity index (χ3v) is 5.24. The molecule has 0 spiro atoms. The fraction of sp³-hybridized carbons (Fsp3) is 0.348. The van der Waals surface area contributed by atoms with E-state index in [2.05, 4.69) is 16.7 Å². The first kappa shape index (κ1) is 19.8. The highest BCUT2D eigenvalue weighted by molar-refractivity contribution is 6.00. The Bertz CT molecular complexity index is 918. The predicted molar refractivity (Wildman–Crippen MR) is 110 cm³/mol. The van der Waals surface area contributed by atoms with Gasteiger partial charge in [-0.05, 0) is 73.6 Å². The Hall–Kier alpha value is -2.95. The van der Waals surface area contributed by atoms with Crippen LogP contribution in [0.4, 0.5) is 5.69 Å². The van der Waals surface area contributed by atoms with Gasteiger partial charge in [-0.2, -0.15) is 0 Å². The van der Waals surface area contributed by atoms with E-state index >= 15 is 0 Å². The van der Waals surface area contributed by atoms with Gasteiger partial charge in [0, 0.05) is 36.7 Å². The minimum Gasteiger partial charge on any atom is -0.355 e. The number of carbonyl (C=O) groups is 3. The van der Waals surface area contributed by atoms with Crippen molar-refractivity contribution in [1.29, 1.82) is 0 Å². The molecule has 0 heterocycles. The average molecular weight is 378 g/mol. The van der Waals surface area contributed by atoms with E-state index in [1.807, 2.05) is 19.1 Å². The van der Waals surface area contributed by atoms with Crippen molar-refractivity contribution < 1.29 is 14.4 Å². The van der Waals surface area contributed by atoms with E-state index in [4.69, 9.17) is 0 Å². The molecule has 0 aromatic heterocycles. The Kier molecular flexibility index (Phi) is 6.24. The molecule has 2 N–H and O–H groups in total. The molecular formula is C23H26N2O3. The Morgan fingerprint density at radius 2 is 1.61 bits per heavy atom. The Labute approximate surface area is 165 Å². The summed E-state index contributed by atoms with van der Waals surface area (Å²) < 4.78 is 0.